The van der Waals surface area contributed by atoms with Crippen molar-refractivity contribution < 1.29 is 9.90 Å². The molecule has 1 N–H and O–H groups in total. The van der Waals surface area contributed by atoms with Gasteiger partial charge in [0.2, 0.25) is 0 Å². The van der Waals surface area contributed by atoms with Crippen LogP contribution >= 0.6 is 0 Å². The molecule has 0 aliphatic carbocycles. The molecule has 0 amide bonds. The number of nitrogens with zero attached hydrogens (tertiary/aromatic N) is 3. The predicted octanol–water partition coefficient (Wildman–Crippen LogP) is 2.43. The van der Waals surface area contributed by atoms with Gasteiger partial charge in [0.15, 0.2) is 0 Å². The lowest BCUT2D eigenvalue weighted by atomic mass is 10.2. The van der Waals surface area contributed by atoms with E-state index >= 15 is 0 Å². The third kappa shape index (κ3) is 1.95. The number of hydrogen-bond donors (Lipinski definition) is 1. The summed E-state index contributed by atoms with van der Waals surface area (Å²) >= 11 is 0. The predicted molar refractivity (Wildman–Crippen MR) is 70.6 cm³/mol. The van der Waals surface area contributed by atoms with Gasteiger partial charge in [-0.1, -0.05) is 17.3 Å². The second-order valence-corrected chi connectivity index (χ2v) is 4.35. The molecule has 1 aromatic heterocycles. The van der Waals surface area contributed by atoms with Crippen LogP contribution in [0.25, 0.3) is 16.7 Å². The number of benzene rings is 2. The average molecular weight is 253 g/mol. The molecule has 19 heavy (non-hydrogen) atoms. The van der Waals surface area contributed by atoms with E-state index in [2.05, 4.69) is 10.3 Å². The van der Waals surface area contributed by atoms with E-state index < -0.39 is 5.97 Å². The van der Waals surface area contributed by atoms with Gasteiger partial charge in [0.05, 0.1) is 16.8 Å². The normalized spacial score (nSPS) is 10.8. The molecule has 0 aliphatic rings. The van der Waals surface area contributed by atoms with Crippen LogP contribution in [0.5, 0.6) is 0 Å². The molecule has 0 fully saturated rings. The molecule has 0 spiro atoms. The largest absolute Gasteiger partial charge is 0.478 e. The number of rotatable bonds is 2. The molecule has 0 radical (unpaired) electrons. The average Bonchev–Trinajstić information content (AvgIpc) is 2.81. The van der Waals surface area contributed by atoms with Gasteiger partial charge in [0.25, 0.3) is 0 Å². The summed E-state index contributed by atoms with van der Waals surface area (Å²) in [6.45, 7) is 1.99. The molecule has 3 rings (SSSR count). The van der Waals surface area contributed by atoms with Crippen LogP contribution in [0.3, 0.4) is 0 Å². The van der Waals surface area contributed by atoms with E-state index in [0.29, 0.717) is 11.0 Å². The van der Waals surface area contributed by atoms with Gasteiger partial charge in [-0.25, -0.2) is 9.48 Å². The number of carboxylic acid groups (broad SMARTS) is 1. The fourth-order valence-corrected chi connectivity index (χ4v) is 2.00. The molecule has 0 saturated heterocycles. The molecule has 2 aromatic carbocycles. The van der Waals surface area contributed by atoms with E-state index in [1.54, 1.807) is 16.8 Å². The summed E-state index contributed by atoms with van der Waals surface area (Å²) in [7, 11) is 0. The molecule has 0 unspecified atom stereocenters. The highest BCUT2D eigenvalue weighted by Crippen LogP contribution is 2.18. The lowest BCUT2D eigenvalue weighted by Gasteiger charge is -2.03. The van der Waals surface area contributed by atoms with Gasteiger partial charge in [0, 0.05) is 0 Å². The van der Waals surface area contributed by atoms with Crippen LogP contribution in [0, 0.1) is 6.92 Å². The molecule has 94 valence electrons. The maximum absolute atomic E-state index is 11.0. The number of fused-ring (bicyclic) bond motifs is 1. The number of aromatic nitrogens is 3. The van der Waals surface area contributed by atoms with Crippen molar-refractivity contribution in [2.24, 2.45) is 0 Å². The van der Waals surface area contributed by atoms with Gasteiger partial charge in [-0.15, -0.1) is 5.10 Å². The highest BCUT2D eigenvalue weighted by Gasteiger charge is 2.10. The standard InChI is InChI=1S/C14H11N3O2/c1-9-3-2-4-11(7-9)17-13-8-10(14(18)19)5-6-12(13)15-16-17/h2-8H,1H3,(H,18,19). The van der Waals surface area contributed by atoms with Crippen molar-refractivity contribution in [2.45, 2.75) is 6.92 Å². The smallest absolute Gasteiger partial charge is 0.335 e. The Kier molecular flexibility index (Phi) is 2.52. The molecule has 0 bridgehead atoms. The minimum atomic E-state index is -0.959. The molecule has 0 aliphatic heterocycles. The number of aromatic carboxylic acids is 1. The Labute approximate surface area is 109 Å². The third-order valence-corrected chi connectivity index (χ3v) is 2.94. The lowest BCUT2D eigenvalue weighted by molar-refractivity contribution is 0.0697. The van der Waals surface area contributed by atoms with Gasteiger partial charge in [-0.2, -0.15) is 0 Å². The van der Waals surface area contributed by atoms with E-state index in [4.69, 9.17) is 5.11 Å². The Hall–Kier alpha value is -2.69. The first-order valence-electron chi connectivity index (χ1n) is 5.81. The van der Waals surface area contributed by atoms with Crippen molar-refractivity contribution in [1.82, 2.24) is 15.0 Å². The number of carbonyl (C=O) groups is 1. The summed E-state index contributed by atoms with van der Waals surface area (Å²) in [6, 6.07) is 12.6. The van der Waals surface area contributed by atoms with Crippen molar-refractivity contribution in [1.29, 1.82) is 0 Å². The van der Waals surface area contributed by atoms with Crippen molar-refractivity contribution in [3.63, 3.8) is 0 Å². The number of hydrogen-bond acceptors (Lipinski definition) is 3. The summed E-state index contributed by atoms with van der Waals surface area (Å²) in [4.78, 5) is 11.0. The molecular formula is C14H11N3O2. The second-order valence-electron chi connectivity index (χ2n) is 4.35. The van der Waals surface area contributed by atoms with Crippen LogP contribution in [0.1, 0.15) is 15.9 Å². The Morgan fingerprint density at radius 1 is 1.21 bits per heavy atom. The minimum absolute atomic E-state index is 0.226. The molecule has 5 nitrogen and oxygen atoms in total. The van der Waals surface area contributed by atoms with Crippen molar-refractivity contribution in [2.75, 3.05) is 0 Å². The highest BCUT2D eigenvalue weighted by atomic mass is 16.4. The van der Waals surface area contributed by atoms with E-state index in [1.807, 2.05) is 31.2 Å². The van der Waals surface area contributed by atoms with E-state index in [-0.39, 0.29) is 5.56 Å². The fourth-order valence-electron chi connectivity index (χ4n) is 2.00. The second kappa shape index (κ2) is 4.20. The molecular weight excluding hydrogens is 242 g/mol. The maximum Gasteiger partial charge on any atom is 0.335 e. The minimum Gasteiger partial charge on any atom is -0.478 e. The highest BCUT2D eigenvalue weighted by molar-refractivity contribution is 5.92. The number of aryl methyl sites for hydroxylation is 1. The van der Waals surface area contributed by atoms with Crippen LogP contribution < -0.4 is 0 Å². The SMILES string of the molecule is Cc1cccc(-n2nnc3ccc(C(=O)O)cc32)c1. The monoisotopic (exact) mass is 253 g/mol. The lowest BCUT2D eigenvalue weighted by Crippen LogP contribution is -1.99. The summed E-state index contributed by atoms with van der Waals surface area (Å²) < 4.78 is 1.65. The van der Waals surface area contributed by atoms with Gasteiger partial charge >= 0.3 is 5.97 Å². The zero-order valence-corrected chi connectivity index (χ0v) is 10.2. The summed E-state index contributed by atoms with van der Waals surface area (Å²) in [5, 5.41) is 17.2. The quantitative estimate of drug-likeness (QED) is 0.761. The van der Waals surface area contributed by atoms with E-state index in [9.17, 15) is 4.79 Å². The van der Waals surface area contributed by atoms with Crippen molar-refractivity contribution >= 4 is 17.0 Å². The van der Waals surface area contributed by atoms with Crippen LogP contribution in [0.2, 0.25) is 0 Å². The third-order valence-electron chi connectivity index (χ3n) is 2.94. The van der Waals surface area contributed by atoms with Gasteiger partial charge in [-0.3, -0.25) is 0 Å². The van der Waals surface area contributed by atoms with Crippen LogP contribution in [-0.4, -0.2) is 26.1 Å². The topological polar surface area (TPSA) is 68.0 Å². The van der Waals surface area contributed by atoms with Crippen LogP contribution in [0.15, 0.2) is 42.5 Å². The molecule has 0 saturated carbocycles. The zero-order chi connectivity index (χ0) is 13.4. The van der Waals surface area contributed by atoms with Gasteiger partial charge < -0.3 is 5.11 Å². The van der Waals surface area contributed by atoms with Crippen LogP contribution in [-0.2, 0) is 0 Å². The first kappa shape index (κ1) is 11.4. The fraction of sp³-hybridized carbons (Fsp3) is 0.0714. The summed E-state index contributed by atoms with van der Waals surface area (Å²) in [6.07, 6.45) is 0. The summed E-state index contributed by atoms with van der Waals surface area (Å²) in [5.74, 6) is -0.959. The van der Waals surface area contributed by atoms with Crippen molar-refractivity contribution in [3.8, 4) is 5.69 Å². The molecule has 3 aromatic rings. The Bertz CT molecular complexity index is 777. The molecule has 0 atom stereocenters. The molecule has 1 heterocycles. The summed E-state index contributed by atoms with van der Waals surface area (Å²) in [5.41, 5.74) is 3.56. The van der Waals surface area contributed by atoms with Crippen LogP contribution in [0.4, 0.5) is 0 Å². The van der Waals surface area contributed by atoms with E-state index in [0.717, 1.165) is 11.3 Å². The Balaban J connectivity index is 2.24. The van der Waals surface area contributed by atoms with Crippen molar-refractivity contribution in [3.05, 3.63) is 53.6 Å². The Morgan fingerprint density at radius 3 is 2.79 bits per heavy atom. The number of carboxylic acids is 1. The maximum atomic E-state index is 11.0. The van der Waals surface area contributed by atoms with Gasteiger partial charge in [-0.05, 0) is 42.8 Å². The van der Waals surface area contributed by atoms with Gasteiger partial charge in [0.1, 0.15) is 5.52 Å². The Morgan fingerprint density at radius 2 is 2.05 bits per heavy atom. The van der Waals surface area contributed by atoms with E-state index in [1.165, 1.54) is 6.07 Å². The first-order valence-corrected chi connectivity index (χ1v) is 5.81. The first-order chi connectivity index (χ1) is 9.15. The molecule has 5 heteroatoms. The zero-order valence-electron chi connectivity index (χ0n) is 10.2.